The molecule has 3 N–H and O–H groups in total. The van der Waals surface area contributed by atoms with Gasteiger partial charge in [0, 0.05) is 45.8 Å². The number of aromatic nitrogens is 4. The Labute approximate surface area is 179 Å². The van der Waals surface area contributed by atoms with Crippen LogP contribution in [0, 0.1) is 5.92 Å². The molecule has 0 bridgehead atoms. The molecular formula is C21H36N8O. The van der Waals surface area contributed by atoms with E-state index < -0.39 is 0 Å². The molecular weight excluding hydrogens is 380 g/mol. The van der Waals surface area contributed by atoms with E-state index in [0.29, 0.717) is 23.3 Å². The molecule has 0 radical (unpaired) electrons. The Balaban J connectivity index is 1.36. The van der Waals surface area contributed by atoms with Gasteiger partial charge in [-0.15, -0.1) is 0 Å². The quantitative estimate of drug-likeness (QED) is 0.537. The van der Waals surface area contributed by atoms with Crippen LogP contribution in [0.2, 0.25) is 0 Å². The molecule has 166 valence electrons. The number of hydrogen-bond donors (Lipinski definition) is 2. The molecule has 9 nitrogen and oxygen atoms in total. The van der Waals surface area contributed by atoms with Crippen molar-refractivity contribution < 1.29 is 4.74 Å². The van der Waals surface area contributed by atoms with Crippen LogP contribution in [-0.2, 0) is 6.54 Å². The lowest BCUT2D eigenvalue weighted by Crippen LogP contribution is -2.47. The van der Waals surface area contributed by atoms with Crippen LogP contribution in [0.3, 0.4) is 0 Å². The molecule has 0 unspecified atom stereocenters. The number of rotatable bonds is 11. The zero-order valence-electron chi connectivity index (χ0n) is 18.4. The Hall–Kier alpha value is -2.13. The highest BCUT2D eigenvalue weighted by Gasteiger charge is 2.26. The maximum Gasteiger partial charge on any atom is 0.298 e. The molecule has 30 heavy (non-hydrogen) atoms. The molecule has 0 spiro atoms. The van der Waals surface area contributed by atoms with Crippen molar-refractivity contribution in [1.29, 1.82) is 0 Å². The van der Waals surface area contributed by atoms with Gasteiger partial charge >= 0.3 is 0 Å². The third kappa shape index (κ3) is 5.13. The first-order valence-corrected chi connectivity index (χ1v) is 11.4. The fourth-order valence-corrected chi connectivity index (χ4v) is 4.13. The van der Waals surface area contributed by atoms with Crippen LogP contribution in [0.5, 0.6) is 6.01 Å². The summed E-state index contributed by atoms with van der Waals surface area (Å²) in [6, 6.07) is 0.547. The highest BCUT2D eigenvalue weighted by atomic mass is 16.5. The zero-order valence-corrected chi connectivity index (χ0v) is 18.4. The monoisotopic (exact) mass is 416 g/mol. The molecule has 2 fully saturated rings. The van der Waals surface area contributed by atoms with Gasteiger partial charge in [0.05, 0.1) is 7.11 Å². The van der Waals surface area contributed by atoms with Crippen molar-refractivity contribution in [2.24, 2.45) is 5.92 Å². The predicted octanol–water partition coefficient (Wildman–Crippen LogP) is 2.05. The predicted molar refractivity (Wildman–Crippen MR) is 120 cm³/mol. The Morgan fingerprint density at radius 1 is 1.03 bits per heavy atom. The van der Waals surface area contributed by atoms with E-state index in [-0.39, 0.29) is 0 Å². The maximum absolute atomic E-state index is 6.16. The van der Waals surface area contributed by atoms with Crippen LogP contribution in [0.4, 0.5) is 11.8 Å². The van der Waals surface area contributed by atoms with Crippen LogP contribution < -0.4 is 15.8 Å². The first-order valence-electron chi connectivity index (χ1n) is 11.4. The number of aryl methyl sites for hydroxylation is 1. The fraction of sp³-hybridized carbons (Fsp3) is 0.762. The second-order valence-electron chi connectivity index (χ2n) is 8.57. The second kappa shape index (κ2) is 9.78. The van der Waals surface area contributed by atoms with Gasteiger partial charge in [0.1, 0.15) is 0 Å². The van der Waals surface area contributed by atoms with Crippen molar-refractivity contribution in [2.75, 3.05) is 64.0 Å². The summed E-state index contributed by atoms with van der Waals surface area (Å²) >= 11 is 0. The number of nitrogen functional groups attached to an aromatic ring is 1. The summed E-state index contributed by atoms with van der Waals surface area (Å²) in [5.74, 6) is 1.93. The van der Waals surface area contributed by atoms with E-state index in [1.165, 1.54) is 32.5 Å². The van der Waals surface area contributed by atoms with Crippen molar-refractivity contribution in [2.45, 2.75) is 45.6 Å². The summed E-state index contributed by atoms with van der Waals surface area (Å²) in [6.45, 7) is 10.9. The van der Waals surface area contributed by atoms with Crippen LogP contribution in [0.1, 0.15) is 39.0 Å². The lowest BCUT2D eigenvalue weighted by molar-refractivity contribution is 0.126. The Kier molecular flexibility index (Phi) is 6.89. The molecule has 3 heterocycles. The Morgan fingerprint density at radius 2 is 1.80 bits per heavy atom. The molecule has 0 aromatic carbocycles. The van der Waals surface area contributed by atoms with Gasteiger partial charge in [-0.05, 0) is 38.1 Å². The van der Waals surface area contributed by atoms with E-state index in [2.05, 4.69) is 37.0 Å². The van der Waals surface area contributed by atoms with Gasteiger partial charge in [-0.3, -0.25) is 4.57 Å². The lowest BCUT2D eigenvalue weighted by atomic mass is 10.2. The molecule has 1 aliphatic heterocycles. The van der Waals surface area contributed by atoms with E-state index in [1.807, 2.05) is 4.57 Å². The highest BCUT2D eigenvalue weighted by molar-refractivity contribution is 5.84. The number of ether oxygens (including phenoxy) is 1. The number of piperazine rings is 1. The summed E-state index contributed by atoms with van der Waals surface area (Å²) < 4.78 is 7.54. The molecule has 9 heteroatoms. The minimum atomic E-state index is 0.392. The minimum absolute atomic E-state index is 0.392. The van der Waals surface area contributed by atoms with E-state index in [9.17, 15) is 0 Å². The molecule has 2 aromatic rings. The normalized spacial score (nSPS) is 18.2. The van der Waals surface area contributed by atoms with Gasteiger partial charge < -0.3 is 25.6 Å². The highest BCUT2D eigenvalue weighted by Crippen LogP contribution is 2.30. The molecule has 1 saturated heterocycles. The average molecular weight is 417 g/mol. The number of anilines is 2. The second-order valence-corrected chi connectivity index (χ2v) is 8.57. The maximum atomic E-state index is 6.16. The summed E-state index contributed by atoms with van der Waals surface area (Å²) in [7, 11) is 1.64. The van der Waals surface area contributed by atoms with Gasteiger partial charge in [-0.1, -0.05) is 13.3 Å². The fourth-order valence-electron chi connectivity index (χ4n) is 4.13. The van der Waals surface area contributed by atoms with Crippen LogP contribution >= 0.6 is 0 Å². The number of fused-ring (bicyclic) bond motifs is 1. The smallest absolute Gasteiger partial charge is 0.298 e. The first kappa shape index (κ1) is 21.1. The molecule has 0 atom stereocenters. The molecule has 1 saturated carbocycles. The standard InChI is InChI=1S/C21H36N8O/c1-3-4-8-23-20-25-18(22)17-19(26-20)29(21(24-17)30-2)10-5-9-27-11-13-28(14-12-27)15-16-6-7-16/h16H,3-15H2,1-2H3,(H3,22,23,25,26). The summed E-state index contributed by atoms with van der Waals surface area (Å²) in [6.07, 6.45) is 6.08. The van der Waals surface area contributed by atoms with Gasteiger partial charge in [0.2, 0.25) is 5.95 Å². The van der Waals surface area contributed by atoms with Crippen molar-refractivity contribution in [3.63, 3.8) is 0 Å². The van der Waals surface area contributed by atoms with Crippen LogP contribution in [-0.4, -0.2) is 82.2 Å². The number of nitrogens with zero attached hydrogens (tertiary/aromatic N) is 6. The molecule has 0 amide bonds. The van der Waals surface area contributed by atoms with Gasteiger partial charge in [-0.25, -0.2) is 0 Å². The van der Waals surface area contributed by atoms with Crippen LogP contribution in [0.25, 0.3) is 11.2 Å². The summed E-state index contributed by atoms with van der Waals surface area (Å²) in [5, 5.41) is 3.27. The number of nitrogens with two attached hydrogens (primary N) is 1. The Bertz CT molecular complexity index is 826. The zero-order chi connectivity index (χ0) is 20.9. The third-order valence-corrected chi connectivity index (χ3v) is 6.12. The molecule has 4 rings (SSSR count). The lowest BCUT2D eigenvalue weighted by Gasteiger charge is -2.34. The first-order chi connectivity index (χ1) is 14.7. The Morgan fingerprint density at radius 3 is 2.50 bits per heavy atom. The number of unbranched alkanes of at least 4 members (excludes halogenated alkanes) is 1. The topological polar surface area (TPSA) is 97.4 Å². The molecule has 1 aliphatic carbocycles. The van der Waals surface area contributed by atoms with Gasteiger partial charge in [-0.2, -0.15) is 15.0 Å². The van der Waals surface area contributed by atoms with Gasteiger partial charge in [0.15, 0.2) is 17.0 Å². The molecule has 2 aromatic heterocycles. The largest absolute Gasteiger partial charge is 0.468 e. The number of imidazole rings is 1. The van der Waals surface area contributed by atoms with Gasteiger partial charge in [0.25, 0.3) is 6.01 Å². The van der Waals surface area contributed by atoms with Crippen molar-refractivity contribution in [3.8, 4) is 6.01 Å². The van der Waals surface area contributed by atoms with Crippen LogP contribution in [0.15, 0.2) is 0 Å². The third-order valence-electron chi connectivity index (χ3n) is 6.12. The summed E-state index contributed by atoms with van der Waals surface area (Å²) in [4.78, 5) is 18.8. The average Bonchev–Trinajstić information content (AvgIpc) is 3.49. The number of hydrogen-bond acceptors (Lipinski definition) is 8. The van der Waals surface area contributed by atoms with E-state index in [4.69, 9.17) is 10.5 Å². The number of nitrogens with one attached hydrogen (secondary N) is 1. The van der Waals surface area contributed by atoms with Crippen molar-refractivity contribution in [1.82, 2.24) is 29.3 Å². The van der Waals surface area contributed by atoms with Crippen molar-refractivity contribution in [3.05, 3.63) is 0 Å². The minimum Gasteiger partial charge on any atom is -0.468 e. The van der Waals surface area contributed by atoms with E-state index >= 15 is 0 Å². The van der Waals surface area contributed by atoms with Crippen molar-refractivity contribution >= 4 is 22.9 Å². The summed E-state index contributed by atoms with van der Waals surface area (Å²) in [5.41, 5.74) is 7.52. The molecule has 2 aliphatic rings. The number of methoxy groups -OCH3 is 1. The SMILES string of the molecule is CCCCNc1nc(N)c2nc(OC)n(CCCN3CCN(CC4CC4)CC3)c2n1. The van der Waals surface area contributed by atoms with E-state index in [0.717, 1.165) is 63.6 Å². The van der Waals surface area contributed by atoms with E-state index in [1.54, 1.807) is 7.11 Å².